The van der Waals surface area contributed by atoms with Crippen molar-refractivity contribution in [2.75, 3.05) is 5.32 Å². The van der Waals surface area contributed by atoms with Crippen LogP contribution in [0.15, 0.2) is 53.3 Å². The Bertz CT molecular complexity index is 860. The highest BCUT2D eigenvalue weighted by Gasteiger charge is 2.07. The lowest BCUT2D eigenvalue weighted by molar-refractivity contribution is 0.627. The quantitative estimate of drug-likeness (QED) is 0.777. The topological polar surface area (TPSA) is 70.7 Å². The second-order valence-electron chi connectivity index (χ2n) is 4.88. The summed E-state index contributed by atoms with van der Waals surface area (Å²) in [5.41, 5.74) is 1.16. The van der Waals surface area contributed by atoms with E-state index in [-0.39, 0.29) is 29.7 Å². The molecular formula is C16H12F2N4O. The van der Waals surface area contributed by atoms with Crippen LogP contribution in [0.4, 0.5) is 20.4 Å². The van der Waals surface area contributed by atoms with Gasteiger partial charge in [-0.05, 0) is 42.0 Å². The van der Waals surface area contributed by atoms with Gasteiger partial charge in [0.2, 0.25) is 5.95 Å². The molecule has 0 saturated carbocycles. The number of anilines is 2. The molecule has 0 amide bonds. The van der Waals surface area contributed by atoms with Crippen molar-refractivity contribution in [3.63, 3.8) is 0 Å². The number of rotatable bonds is 4. The standard InChI is InChI=1S/C16H12F2N4O/c17-11-3-1-10(2-4-11)9-14-15(23)20-16(22-21-14)19-13-7-5-12(18)6-8-13/h1-8H,9H2,(H2,19,20,22,23). The Kier molecular flexibility index (Phi) is 4.09. The number of benzene rings is 2. The van der Waals surface area contributed by atoms with Gasteiger partial charge in [-0.3, -0.25) is 9.78 Å². The lowest BCUT2D eigenvalue weighted by atomic mass is 10.1. The first-order valence-corrected chi connectivity index (χ1v) is 6.83. The number of halogens is 2. The van der Waals surface area contributed by atoms with Crippen LogP contribution in [0, 0.1) is 11.6 Å². The number of nitrogens with one attached hydrogen (secondary N) is 2. The third-order valence-electron chi connectivity index (χ3n) is 3.16. The number of hydrogen-bond acceptors (Lipinski definition) is 4. The van der Waals surface area contributed by atoms with E-state index in [1.165, 1.54) is 36.4 Å². The summed E-state index contributed by atoms with van der Waals surface area (Å²) in [6.07, 6.45) is 0.249. The molecule has 1 aromatic heterocycles. The maximum atomic E-state index is 12.9. The molecule has 0 aliphatic heterocycles. The fourth-order valence-corrected chi connectivity index (χ4v) is 2.00. The van der Waals surface area contributed by atoms with Crippen LogP contribution in [0.1, 0.15) is 11.3 Å². The third-order valence-corrected chi connectivity index (χ3v) is 3.16. The van der Waals surface area contributed by atoms with Crippen LogP contribution in [0.3, 0.4) is 0 Å². The van der Waals surface area contributed by atoms with Gasteiger partial charge in [-0.25, -0.2) is 8.78 Å². The van der Waals surface area contributed by atoms with Crippen molar-refractivity contribution in [3.8, 4) is 0 Å². The van der Waals surface area contributed by atoms with Gasteiger partial charge in [0.05, 0.1) is 0 Å². The Morgan fingerprint density at radius 1 is 0.913 bits per heavy atom. The molecule has 0 bridgehead atoms. The van der Waals surface area contributed by atoms with Gasteiger partial charge >= 0.3 is 0 Å². The van der Waals surface area contributed by atoms with E-state index in [2.05, 4.69) is 20.5 Å². The summed E-state index contributed by atoms with van der Waals surface area (Å²) in [7, 11) is 0. The van der Waals surface area contributed by atoms with E-state index in [1.54, 1.807) is 12.1 Å². The first-order chi connectivity index (χ1) is 11.1. The lowest BCUT2D eigenvalue weighted by Gasteiger charge is -2.05. The Morgan fingerprint density at radius 2 is 1.52 bits per heavy atom. The van der Waals surface area contributed by atoms with Gasteiger partial charge in [0.15, 0.2) is 0 Å². The highest BCUT2D eigenvalue weighted by atomic mass is 19.1. The van der Waals surface area contributed by atoms with Crippen LogP contribution in [-0.4, -0.2) is 15.2 Å². The molecule has 0 fully saturated rings. The third kappa shape index (κ3) is 3.76. The molecule has 0 atom stereocenters. The van der Waals surface area contributed by atoms with Gasteiger partial charge in [0.1, 0.15) is 17.3 Å². The SMILES string of the molecule is O=c1[nH]c(Nc2ccc(F)cc2)nnc1Cc1ccc(F)cc1. The summed E-state index contributed by atoms with van der Waals surface area (Å²) in [6, 6.07) is 11.4. The molecule has 3 aromatic rings. The van der Waals surface area contributed by atoms with Crippen LogP contribution in [0.5, 0.6) is 0 Å². The van der Waals surface area contributed by atoms with Gasteiger partial charge in [0, 0.05) is 12.1 Å². The van der Waals surface area contributed by atoms with Crippen molar-refractivity contribution in [1.29, 1.82) is 0 Å². The molecule has 2 aromatic carbocycles. The number of nitrogens with zero attached hydrogens (tertiary/aromatic N) is 2. The van der Waals surface area contributed by atoms with Crippen molar-refractivity contribution in [2.45, 2.75) is 6.42 Å². The smallest absolute Gasteiger partial charge is 0.274 e. The number of aromatic amines is 1. The summed E-state index contributed by atoms with van der Waals surface area (Å²) < 4.78 is 25.7. The molecule has 0 aliphatic carbocycles. The van der Waals surface area contributed by atoms with Crippen LogP contribution >= 0.6 is 0 Å². The second-order valence-corrected chi connectivity index (χ2v) is 4.88. The minimum Gasteiger partial charge on any atom is -0.324 e. The average Bonchev–Trinajstić information content (AvgIpc) is 2.54. The van der Waals surface area contributed by atoms with Crippen molar-refractivity contribution in [3.05, 3.63) is 81.8 Å². The highest BCUT2D eigenvalue weighted by molar-refractivity contribution is 5.52. The van der Waals surface area contributed by atoms with Gasteiger partial charge < -0.3 is 5.32 Å². The normalized spacial score (nSPS) is 10.5. The van der Waals surface area contributed by atoms with E-state index in [9.17, 15) is 13.6 Å². The zero-order valence-corrected chi connectivity index (χ0v) is 11.9. The van der Waals surface area contributed by atoms with Crippen molar-refractivity contribution < 1.29 is 8.78 Å². The predicted molar refractivity (Wildman–Crippen MR) is 81.5 cm³/mol. The van der Waals surface area contributed by atoms with Crippen LogP contribution < -0.4 is 10.9 Å². The summed E-state index contributed by atoms with van der Waals surface area (Å²) >= 11 is 0. The van der Waals surface area contributed by atoms with Crippen molar-refractivity contribution >= 4 is 11.6 Å². The van der Waals surface area contributed by atoms with Gasteiger partial charge in [0.25, 0.3) is 5.56 Å². The Balaban J connectivity index is 1.76. The van der Waals surface area contributed by atoms with Gasteiger partial charge in [-0.15, -0.1) is 10.2 Å². The lowest BCUT2D eigenvalue weighted by Crippen LogP contribution is -2.18. The van der Waals surface area contributed by atoms with E-state index >= 15 is 0 Å². The molecule has 1 heterocycles. The van der Waals surface area contributed by atoms with E-state index in [0.717, 1.165) is 5.56 Å². The fraction of sp³-hybridized carbons (Fsp3) is 0.0625. The summed E-state index contributed by atoms with van der Waals surface area (Å²) in [5.74, 6) is -0.540. The fourth-order valence-electron chi connectivity index (χ4n) is 2.00. The first kappa shape index (κ1) is 14.8. The molecule has 0 unspecified atom stereocenters. The zero-order valence-electron chi connectivity index (χ0n) is 11.9. The van der Waals surface area contributed by atoms with Gasteiger partial charge in [-0.1, -0.05) is 12.1 Å². The van der Waals surface area contributed by atoms with E-state index in [1.807, 2.05) is 0 Å². The first-order valence-electron chi connectivity index (χ1n) is 6.83. The molecule has 5 nitrogen and oxygen atoms in total. The van der Waals surface area contributed by atoms with Crippen LogP contribution in [0.2, 0.25) is 0 Å². The summed E-state index contributed by atoms with van der Waals surface area (Å²) in [6.45, 7) is 0. The Hall–Kier alpha value is -3.09. The summed E-state index contributed by atoms with van der Waals surface area (Å²) in [4.78, 5) is 14.6. The van der Waals surface area contributed by atoms with E-state index in [0.29, 0.717) is 5.69 Å². The average molecular weight is 314 g/mol. The number of hydrogen-bond donors (Lipinski definition) is 2. The largest absolute Gasteiger partial charge is 0.324 e. The Morgan fingerprint density at radius 3 is 2.13 bits per heavy atom. The monoisotopic (exact) mass is 314 g/mol. The number of aromatic nitrogens is 3. The second kappa shape index (κ2) is 6.35. The minimum atomic E-state index is -0.395. The van der Waals surface area contributed by atoms with Crippen LogP contribution in [0.25, 0.3) is 0 Å². The molecule has 0 saturated heterocycles. The molecule has 0 aliphatic rings. The van der Waals surface area contributed by atoms with Crippen molar-refractivity contribution in [2.24, 2.45) is 0 Å². The maximum Gasteiger partial charge on any atom is 0.274 e. The molecule has 116 valence electrons. The molecular weight excluding hydrogens is 302 g/mol. The molecule has 2 N–H and O–H groups in total. The minimum absolute atomic E-state index is 0.157. The zero-order chi connectivity index (χ0) is 16.2. The molecule has 7 heteroatoms. The predicted octanol–water partition coefficient (Wildman–Crippen LogP) is 2.78. The molecule has 23 heavy (non-hydrogen) atoms. The van der Waals surface area contributed by atoms with Crippen LogP contribution in [-0.2, 0) is 6.42 Å². The molecule has 0 spiro atoms. The van der Waals surface area contributed by atoms with E-state index < -0.39 is 5.56 Å². The Labute approximate surface area is 130 Å². The number of H-pyrrole nitrogens is 1. The van der Waals surface area contributed by atoms with E-state index in [4.69, 9.17) is 0 Å². The highest BCUT2D eigenvalue weighted by Crippen LogP contribution is 2.12. The molecule has 3 rings (SSSR count). The van der Waals surface area contributed by atoms with Crippen molar-refractivity contribution in [1.82, 2.24) is 15.2 Å². The van der Waals surface area contributed by atoms with Gasteiger partial charge in [-0.2, -0.15) is 0 Å². The summed E-state index contributed by atoms with van der Waals surface area (Å²) in [5, 5.41) is 10.6. The molecule has 0 radical (unpaired) electrons. The maximum absolute atomic E-state index is 12.9.